The molecule has 2 aromatic carbocycles. The summed E-state index contributed by atoms with van der Waals surface area (Å²) >= 11 is 0. The van der Waals surface area contributed by atoms with Crippen LogP contribution in [0.1, 0.15) is 34.6 Å². The topological polar surface area (TPSA) is 70.7 Å². The van der Waals surface area contributed by atoms with Crippen molar-refractivity contribution in [1.29, 1.82) is 0 Å². The van der Waals surface area contributed by atoms with E-state index in [1.54, 1.807) is 12.1 Å². The number of amides is 2. The van der Waals surface area contributed by atoms with Gasteiger partial charge >= 0.3 is 0 Å². The molecule has 0 heterocycles. The molecule has 0 spiro atoms. The Balaban J connectivity index is 1.95. The lowest BCUT2D eigenvalue weighted by Crippen LogP contribution is -2.48. The predicted octanol–water partition coefficient (Wildman–Crippen LogP) is 4.08. The van der Waals surface area contributed by atoms with Crippen LogP contribution >= 0.6 is 0 Å². The molecule has 0 aliphatic rings. The van der Waals surface area contributed by atoms with Crippen molar-refractivity contribution in [3.8, 4) is 5.75 Å². The molecular weight excluding hydrogens is 378 g/mol. The standard InChI is InChI=1S/C24H33N3O3/c1-6-27(18(4)5)20-14-12-19(13-15-20)25-24(29)23(17(2)3)26-22(28)16-30-21-10-8-7-9-11-21/h7-15,17-18,23H,6,16H2,1-5H3,(H,25,29)(H,26,28). The maximum absolute atomic E-state index is 12.8. The number of anilines is 2. The third-order valence-electron chi connectivity index (χ3n) is 4.81. The molecule has 30 heavy (non-hydrogen) atoms. The Morgan fingerprint density at radius 3 is 2.13 bits per heavy atom. The number of nitrogens with zero attached hydrogens (tertiary/aromatic N) is 1. The third kappa shape index (κ3) is 6.79. The second-order valence-electron chi connectivity index (χ2n) is 7.81. The summed E-state index contributed by atoms with van der Waals surface area (Å²) in [4.78, 5) is 27.3. The summed E-state index contributed by atoms with van der Waals surface area (Å²) in [5.41, 5.74) is 1.81. The summed E-state index contributed by atoms with van der Waals surface area (Å²) in [6.07, 6.45) is 0. The molecule has 2 amide bonds. The molecule has 0 aliphatic heterocycles. The summed E-state index contributed by atoms with van der Waals surface area (Å²) in [6, 6.07) is 16.6. The van der Waals surface area contributed by atoms with Crippen molar-refractivity contribution in [1.82, 2.24) is 5.32 Å². The Morgan fingerprint density at radius 2 is 1.60 bits per heavy atom. The Kier molecular flexibility index (Phi) is 8.71. The molecule has 0 saturated carbocycles. The molecule has 0 aliphatic carbocycles. The molecule has 6 heteroatoms. The van der Waals surface area contributed by atoms with Crippen LogP contribution in [0.5, 0.6) is 5.75 Å². The summed E-state index contributed by atoms with van der Waals surface area (Å²) < 4.78 is 5.46. The highest BCUT2D eigenvalue weighted by Gasteiger charge is 2.24. The van der Waals surface area contributed by atoms with E-state index in [0.29, 0.717) is 17.5 Å². The van der Waals surface area contributed by atoms with E-state index in [4.69, 9.17) is 4.74 Å². The normalized spacial score (nSPS) is 11.8. The molecule has 0 fully saturated rings. The third-order valence-corrected chi connectivity index (χ3v) is 4.81. The molecule has 2 N–H and O–H groups in total. The van der Waals surface area contributed by atoms with Gasteiger partial charge in [-0.3, -0.25) is 9.59 Å². The van der Waals surface area contributed by atoms with Crippen molar-refractivity contribution in [2.75, 3.05) is 23.4 Å². The lowest BCUT2D eigenvalue weighted by molar-refractivity contribution is -0.128. The fraction of sp³-hybridized carbons (Fsp3) is 0.417. The Labute approximate surface area is 179 Å². The van der Waals surface area contributed by atoms with Crippen LogP contribution in [0.3, 0.4) is 0 Å². The van der Waals surface area contributed by atoms with Gasteiger partial charge in [0.15, 0.2) is 6.61 Å². The van der Waals surface area contributed by atoms with Gasteiger partial charge in [-0.25, -0.2) is 0 Å². The first kappa shape index (κ1) is 23.3. The van der Waals surface area contributed by atoms with Crippen molar-refractivity contribution in [3.05, 3.63) is 54.6 Å². The van der Waals surface area contributed by atoms with Crippen LogP contribution in [-0.4, -0.2) is 37.0 Å². The molecule has 6 nitrogen and oxygen atoms in total. The van der Waals surface area contributed by atoms with Gasteiger partial charge in [0.25, 0.3) is 5.91 Å². The number of benzene rings is 2. The van der Waals surface area contributed by atoms with E-state index in [1.807, 2.05) is 56.3 Å². The van der Waals surface area contributed by atoms with E-state index in [9.17, 15) is 9.59 Å². The van der Waals surface area contributed by atoms with Gasteiger partial charge in [-0.15, -0.1) is 0 Å². The SMILES string of the molecule is CCN(c1ccc(NC(=O)C(NC(=O)COc2ccccc2)C(C)C)cc1)C(C)C. The minimum Gasteiger partial charge on any atom is -0.484 e. The molecule has 162 valence electrons. The van der Waals surface area contributed by atoms with Gasteiger partial charge in [0, 0.05) is 24.0 Å². The van der Waals surface area contributed by atoms with E-state index in [-0.39, 0.29) is 24.3 Å². The number of hydrogen-bond donors (Lipinski definition) is 2. The van der Waals surface area contributed by atoms with E-state index in [0.717, 1.165) is 12.2 Å². The van der Waals surface area contributed by atoms with Gasteiger partial charge in [-0.2, -0.15) is 0 Å². The fourth-order valence-electron chi connectivity index (χ4n) is 3.22. The van der Waals surface area contributed by atoms with Crippen molar-refractivity contribution >= 4 is 23.2 Å². The molecule has 0 radical (unpaired) electrons. The number of ether oxygens (including phenoxy) is 1. The Hall–Kier alpha value is -3.02. The highest BCUT2D eigenvalue weighted by molar-refractivity contribution is 5.97. The molecule has 0 bridgehead atoms. The summed E-state index contributed by atoms with van der Waals surface area (Å²) in [5.74, 6) is -0.0390. The minimum absolute atomic E-state index is 0.0681. The largest absolute Gasteiger partial charge is 0.484 e. The Bertz CT molecular complexity index is 804. The average Bonchev–Trinajstić information content (AvgIpc) is 2.72. The molecule has 0 aromatic heterocycles. The second kappa shape index (κ2) is 11.2. The highest BCUT2D eigenvalue weighted by Crippen LogP contribution is 2.20. The van der Waals surface area contributed by atoms with E-state index >= 15 is 0 Å². The van der Waals surface area contributed by atoms with Gasteiger partial charge in [-0.05, 0) is 63.1 Å². The van der Waals surface area contributed by atoms with Crippen LogP contribution in [0, 0.1) is 5.92 Å². The van der Waals surface area contributed by atoms with Crippen molar-refractivity contribution in [3.63, 3.8) is 0 Å². The van der Waals surface area contributed by atoms with Crippen molar-refractivity contribution < 1.29 is 14.3 Å². The van der Waals surface area contributed by atoms with Crippen LogP contribution in [0.25, 0.3) is 0 Å². The number of nitrogens with one attached hydrogen (secondary N) is 2. The molecule has 1 unspecified atom stereocenters. The first-order valence-corrected chi connectivity index (χ1v) is 10.5. The lowest BCUT2D eigenvalue weighted by atomic mass is 10.0. The minimum atomic E-state index is -0.653. The van der Waals surface area contributed by atoms with Crippen molar-refractivity contribution in [2.45, 2.75) is 46.7 Å². The Morgan fingerprint density at radius 1 is 0.967 bits per heavy atom. The maximum atomic E-state index is 12.8. The highest BCUT2D eigenvalue weighted by atomic mass is 16.5. The van der Waals surface area contributed by atoms with E-state index in [2.05, 4.69) is 36.3 Å². The van der Waals surface area contributed by atoms with Gasteiger partial charge in [0.05, 0.1) is 0 Å². The van der Waals surface area contributed by atoms with Crippen LogP contribution in [0.15, 0.2) is 54.6 Å². The predicted molar refractivity (Wildman–Crippen MR) is 122 cm³/mol. The van der Waals surface area contributed by atoms with Crippen LogP contribution < -0.4 is 20.3 Å². The zero-order valence-electron chi connectivity index (χ0n) is 18.5. The zero-order chi connectivity index (χ0) is 22.1. The monoisotopic (exact) mass is 411 g/mol. The number of para-hydroxylation sites is 1. The zero-order valence-corrected chi connectivity index (χ0v) is 18.5. The maximum Gasteiger partial charge on any atom is 0.258 e. The molecule has 2 rings (SSSR count). The van der Waals surface area contributed by atoms with Crippen molar-refractivity contribution in [2.24, 2.45) is 5.92 Å². The van der Waals surface area contributed by atoms with Gasteiger partial charge in [0.1, 0.15) is 11.8 Å². The van der Waals surface area contributed by atoms with E-state index in [1.165, 1.54) is 0 Å². The van der Waals surface area contributed by atoms with Crippen LogP contribution in [0.2, 0.25) is 0 Å². The lowest BCUT2D eigenvalue weighted by Gasteiger charge is -2.27. The summed E-state index contributed by atoms with van der Waals surface area (Å²) in [5, 5.41) is 5.68. The molecule has 2 aromatic rings. The summed E-state index contributed by atoms with van der Waals surface area (Å²) in [6.45, 7) is 11.0. The van der Waals surface area contributed by atoms with Gasteiger partial charge in [-0.1, -0.05) is 32.0 Å². The molecular formula is C24H33N3O3. The molecule has 0 saturated heterocycles. The van der Waals surface area contributed by atoms with Gasteiger partial charge < -0.3 is 20.3 Å². The quantitative estimate of drug-likeness (QED) is 0.618. The fourth-order valence-corrected chi connectivity index (χ4v) is 3.22. The first-order valence-electron chi connectivity index (χ1n) is 10.5. The van der Waals surface area contributed by atoms with Crippen LogP contribution in [-0.2, 0) is 9.59 Å². The number of rotatable bonds is 10. The number of hydrogen-bond acceptors (Lipinski definition) is 4. The smallest absolute Gasteiger partial charge is 0.258 e. The number of carbonyl (C=O) groups excluding carboxylic acids is 2. The summed E-state index contributed by atoms with van der Waals surface area (Å²) in [7, 11) is 0. The molecule has 1 atom stereocenters. The average molecular weight is 412 g/mol. The second-order valence-corrected chi connectivity index (χ2v) is 7.81. The first-order chi connectivity index (χ1) is 14.3. The van der Waals surface area contributed by atoms with Crippen LogP contribution in [0.4, 0.5) is 11.4 Å². The van der Waals surface area contributed by atoms with Gasteiger partial charge in [0.2, 0.25) is 5.91 Å². The number of carbonyl (C=O) groups is 2. The van der Waals surface area contributed by atoms with E-state index < -0.39 is 6.04 Å².